The van der Waals surface area contributed by atoms with Crippen molar-refractivity contribution in [1.82, 2.24) is 5.32 Å². The number of hydrogen-bond acceptors (Lipinski definition) is 3. The van der Waals surface area contributed by atoms with Crippen molar-refractivity contribution in [3.05, 3.63) is 57.6 Å². The first-order chi connectivity index (χ1) is 12.4. The Morgan fingerprint density at radius 1 is 1.23 bits per heavy atom. The summed E-state index contributed by atoms with van der Waals surface area (Å²) in [5.74, 6) is -1.25. The fourth-order valence-corrected chi connectivity index (χ4v) is 3.56. The van der Waals surface area contributed by atoms with Gasteiger partial charge in [0.25, 0.3) is 0 Å². The van der Waals surface area contributed by atoms with Crippen molar-refractivity contribution in [2.24, 2.45) is 0 Å². The minimum Gasteiger partial charge on any atom is -0.478 e. The van der Waals surface area contributed by atoms with Crippen molar-refractivity contribution >= 4 is 46.6 Å². The van der Waals surface area contributed by atoms with E-state index in [2.05, 4.69) is 10.6 Å². The molecular weight excluding hydrogens is 377 g/mol. The highest BCUT2D eigenvalue weighted by Gasteiger charge is 2.24. The summed E-state index contributed by atoms with van der Waals surface area (Å²) in [6.07, 6.45) is 1.36. The van der Waals surface area contributed by atoms with E-state index >= 15 is 0 Å². The van der Waals surface area contributed by atoms with E-state index in [4.69, 9.17) is 23.2 Å². The molecule has 3 rings (SSSR count). The zero-order chi connectivity index (χ0) is 18.8. The van der Waals surface area contributed by atoms with Crippen LogP contribution in [0.25, 0.3) is 0 Å². The molecule has 1 aliphatic rings. The number of carboxylic acids is 1. The topological polar surface area (TPSA) is 81.7 Å². The van der Waals surface area contributed by atoms with Crippen LogP contribution in [0.1, 0.15) is 22.3 Å². The van der Waals surface area contributed by atoms with Crippen LogP contribution in [0, 0.1) is 0 Å². The molecule has 1 heterocycles. The molecular formula is C18H17Cl2N3O3. The molecule has 3 N–H and O–H groups in total. The van der Waals surface area contributed by atoms with Crippen molar-refractivity contribution in [1.29, 1.82) is 0 Å². The zero-order valence-corrected chi connectivity index (χ0v) is 15.4. The van der Waals surface area contributed by atoms with Gasteiger partial charge in [-0.3, -0.25) is 4.90 Å². The predicted octanol–water partition coefficient (Wildman–Crippen LogP) is 4.22. The van der Waals surface area contributed by atoms with Gasteiger partial charge in [-0.2, -0.15) is 0 Å². The number of halogens is 2. The number of anilines is 2. The number of benzene rings is 2. The molecule has 1 atom stereocenters. The van der Waals surface area contributed by atoms with Gasteiger partial charge in [0.1, 0.15) is 6.17 Å². The minimum absolute atomic E-state index is 0.0191. The van der Waals surface area contributed by atoms with Crippen LogP contribution in [0.3, 0.4) is 0 Å². The number of hydrogen-bond donors (Lipinski definition) is 3. The first kappa shape index (κ1) is 18.4. The maximum absolute atomic E-state index is 12.6. The van der Waals surface area contributed by atoms with E-state index in [9.17, 15) is 14.7 Å². The van der Waals surface area contributed by atoms with Crippen LogP contribution in [-0.4, -0.2) is 30.3 Å². The molecule has 0 bridgehead atoms. The second-order valence-corrected chi connectivity index (χ2v) is 6.75. The SMILES string of the molecule is CN(C(=O)NC1CCc2ccccc2N1)c1ccc(Cl)c(C(=O)O)c1Cl. The highest BCUT2D eigenvalue weighted by molar-refractivity contribution is 6.41. The summed E-state index contributed by atoms with van der Waals surface area (Å²) < 4.78 is 0. The molecule has 0 saturated carbocycles. The predicted molar refractivity (Wildman–Crippen MR) is 103 cm³/mol. The highest BCUT2D eigenvalue weighted by Crippen LogP contribution is 2.34. The molecule has 2 aromatic rings. The lowest BCUT2D eigenvalue weighted by Crippen LogP contribution is -2.48. The number of carbonyl (C=O) groups is 2. The molecule has 26 heavy (non-hydrogen) atoms. The van der Waals surface area contributed by atoms with E-state index in [1.54, 1.807) is 0 Å². The summed E-state index contributed by atoms with van der Waals surface area (Å²) in [4.78, 5) is 25.2. The maximum Gasteiger partial charge on any atom is 0.338 e. The number of carboxylic acid groups (broad SMARTS) is 1. The number of carbonyl (C=O) groups excluding carboxylic acids is 1. The Hall–Kier alpha value is -2.44. The molecule has 8 heteroatoms. The van der Waals surface area contributed by atoms with E-state index < -0.39 is 12.0 Å². The number of nitrogens with zero attached hydrogens (tertiary/aromatic N) is 1. The third-order valence-corrected chi connectivity index (χ3v) is 5.00. The van der Waals surface area contributed by atoms with Crippen molar-refractivity contribution in [2.75, 3.05) is 17.3 Å². The molecule has 2 amide bonds. The first-order valence-electron chi connectivity index (χ1n) is 7.98. The molecule has 0 fully saturated rings. The van der Waals surface area contributed by atoms with E-state index in [0.29, 0.717) is 0 Å². The number of amides is 2. The summed E-state index contributed by atoms with van der Waals surface area (Å²) in [6.45, 7) is 0. The Morgan fingerprint density at radius 3 is 2.69 bits per heavy atom. The lowest BCUT2D eigenvalue weighted by atomic mass is 10.0. The van der Waals surface area contributed by atoms with E-state index in [1.807, 2.05) is 24.3 Å². The van der Waals surface area contributed by atoms with Crippen LogP contribution < -0.4 is 15.5 Å². The van der Waals surface area contributed by atoms with Crippen LogP contribution >= 0.6 is 23.2 Å². The molecule has 0 aliphatic carbocycles. The largest absolute Gasteiger partial charge is 0.478 e. The highest BCUT2D eigenvalue weighted by atomic mass is 35.5. The van der Waals surface area contributed by atoms with E-state index in [1.165, 1.54) is 29.6 Å². The van der Waals surface area contributed by atoms with E-state index in [-0.39, 0.29) is 27.5 Å². The Kier molecular flexibility index (Phi) is 5.25. The van der Waals surface area contributed by atoms with Crippen LogP contribution in [0.2, 0.25) is 10.0 Å². The molecule has 2 aromatic carbocycles. The number of aryl methyl sites for hydroxylation is 1. The summed E-state index contributed by atoms with van der Waals surface area (Å²) in [6, 6.07) is 10.5. The summed E-state index contributed by atoms with van der Waals surface area (Å²) >= 11 is 12.0. The smallest absolute Gasteiger partial charge is 0.338 e. The third-order valence-electron chi connectivity index (χ3n) is 4.30. The molecule has 1 unspecified atom stereocenters. The number of aromatic carboxylic acids is 1. The van der Waals surface area contributed by atoms with Crippen molar-refractivity contribution in [3.8, 4) is 0 Å². The van der Waals surface area contributed by atoms with Gasteiger partial charge in [0.15, 0.2) is 0 Å². The average molecular weight is 394 g/mol. The van der Waals surface area contributed by atoms with Crippen molar-refractivity contribution in [3.63, 3.8) is 0 Å². The summed E-state index contributed by atoms with van der Waals surface area (Å²) in [5.41, 5.74) is 2.24. The number of urea groups is 1. The summed E-state index contributed by atoms with van der Waals surface area (Å²) in [7, 11) is 1.52. The fourth-order valence-electron chi connectivity index (χ4n) is 2.90. The Morgan fingerprint density at radius 2 is 1.96 bits per heavy atom. The van der Waals surface area contributed by atoms with Gasteiger partial charge < -0.3 is 15.7 Å². The Bertz CT molecular complexity index is 873. The Labute approximate surface area is 160 Å². The summed E-state index contributed by atoms with van der Waals surface area (Å²) in [5, 5.41) is 15.4. The lowest BCUT2D eigenvalue weighted by molar-refractivity contribution is 0.0697. The van der Waals surface area contributed by atoms with Crippen LogP contribution in [0.15, 0.2) is 36.4 Å². The molecule has 1 aliphatic heterocycles. The number of para-hydroxylation sites is 1. The molecule has 6 nitrogen and oxygen atoms in total. The Balaban J connectivity index is 1.75. The molecule has 0 saturated heterocycles. The lowest BCUT2D eigenvalue weighted by Gasteiger charge is -2.30. The first-order valence-corrected chi connectivity index (χ1v) is 8.74. The number of fused-ring (bicyclic) bond motifs is 1. The van der Waals surface area contributed by atoms with Gasteiger partial charge in [-0.05, 0) is 36.6 Å². The number of rotatable bonds is 3. The minimum atomic E-state index is -1.25. The molecule has 0 aromatic heterocycles. The van der Waals surface area contributed by atoms with Gasteiger partial charge in [0.2, 0.25) is 0 Å². The van der Waals surface area contributed by atoms with Gasteiger partial charge in [0, 0.05) is 12.7 Å². The van der Waals surface area contributed by atoms with Crippen LogP contribution in [0.5, 0.6) is 0 Å². The van der Waals surface area contributed by atoms with Gasteiger partial charge in [-0.25, -0.2) is 9.59 Å². The molecule has 136 valence electrons. The zero-order valence-electron chi connectivity index (χ0n) is 13.9. The quantitative estimate of drug-likeness (QED) is 0.728. The van der Waals surface area contributed by atoms with Gasteiger partial charge in [0.05, 0.1) is 21.3 Å². The van der Waals surface area contributed by atoms with Gasteiger partial charge in [-0.1, -0.05) is 41.4 Å². The molecule has 0 spiro atoms. The van der Waals surface area contributed by atoms with Crippen molar-refractivity contribution in [2.45, 2.75) is 19.0 Å². The van der Waals surface area contributed by atoms with Gasteiger partial charge >= 0.3 is 12.0 Å². The average Bonchev–Trinajstić information content (AvgIpc) is 2.61. The standard InChI is InChI=1S/C18H17Cl2N3O3/c1-23(13-8-7-11(19)15(16(13)20)17(24)25)18(26)22-14-9-6-10-4-2-3-5-12(10)21-14/h2-5,7-8,14,21H,6,9H2,1H3,(H,22,26)(H,24,25). The monoisotopic (exact) mass is 393 g/mol. The third kappa shape index (κ3) is 3.57. The van der Waals surface area contributed by atoms with Crippen LogP contribution in [0.4, 0.5) is 16.2 Å². The fraction of sp³-hybridized carbons (Fsp3) is 0.222. The van der Waals surface area contributed by atoms with Crippen molar-refractivity contribution < 1.29 is 14.7 Å². The van der Waals surface area contributed by atoms with E-state index in [0.717, 1.165) is 18.5 Å². The number of nitrogens with one attached hydrogen (secondary N) is 2. The second kappa shape index (κ2) is 7.43. The normalized spacial score (nSPS) is 15.6. The second-order valence-electron chi connectivity index (χ2n) is 5.96. The molecule has 0 radical (unpaired) electrons. The van der Waals surface area contributed by atoms with Crippen LogP contribution in [-0.2, 0) is 6.42 Å². The van der Waals surface area contributed by atoms with Gasteiger partial charge in [-0.15, -0.1) is 0 Å². The maximum atomic E-state index is 12.6.